The first-order valence-corrected chi connectivity index (χ1v) is 10.3. The SMILES string of the molecule is O=[N+]([O-])c1cc(CCO)cc2c1CC(CNS(=O)(=O)c1ccc(Cl)cc1)C2. The van der Waals surface area contributed by atoms with Gasteiger partial charge in [-0.05, 0) is 60.6 Å². The minimum absolute atomic E-state index is 0.0407. The highest BCUT2D eigenvalue weighted by Gasteiger charge is 2.30. The molecule has 0 amide bonds. The Morgan fingerprint density at radius 1 is 1.22 bits per heavy atom. The maximum absolute atomic E-state index is 12.4. The monoisotopic (exact) mass is 410 g/mol. The van der Waals surface area contributed by atoms with Crippen molar-refractivity contribution in [2.75, 3.05) is 13.2 Å². The van der Waals surface area contributed by atoms with Gasteiger partial charge in [-0.3, -0.25) is 10.1 Å². The summed E-state index contributed by atoms with van der Waals surface area (Å²) in [7, 11) is -3.67. The van der Waals surface area contributed by atoms with Gasteiger partial charge in [0.05, 0.1) is 9.82 Å². The van der Waals surface area contributed by atoms with E-state index in [9.17, 15) is 18.5 Å². The van der Waals surface area contributed by atoms with Crippen molar-refractivity contribution in [2.45, 2.75) is 24.2 Å². The van der Waals surface area contributed by atoms with Crippen LogP contribution < -0.4 is 4.72 Å². The Bertz CT molecular complexity index is 960. The molecule has 0 saturated carbocycles. The van der Waals surface area contributed by atoms with Gasteiger partial charge in [-0.15, -0.1) is 0 Å². The molecule has 0 aromatic heterocycles. The second kappa shape index (κ2) is 7.93. The number of hydrogen-bond donors (Lipinski definition) is 2. The van der Waals surface area contributed by atoms with Crippen LogP contribution in [-0.4, -0.2) is 31.6 Å². The van der Waals surface area contributed by atoms with Crippen LogP contribution in [0.1, 0.15) is 16.7 Å². The van der Waals surface area contributed by atoms with Crippen molar-refractivity contribution < 1.29 is 18.4 Å². The highest BCUT2D eigenvalue weighted by atomic mass is 35.5. The standard InChI is InChI=1S/C18H19ClN2O5S/c19-15-1-3-16(4-2-15)27(25,26)20-11-13-8-14-7-12(5-6-22)10-18(21(23)24)17(14)9-13/h1-4,7,10,13,20,22H,5-6,8-9,11H2. The number of rotatable bonds is 7. The van der Waals surface area contributed by atoms with E-state index in [2.05, 4.69) is 4.72 Å². The zero-order valence-corrected chi connectivity index (χ0v) is 16.0. The molecule has 144 valence electrons. The van der Waals surface area contributed by atoms with Crippen molar-refractivity contribution in [2.24, 2.45) is 5.92 Å². The summed E-state index contributed by atoms with van der Waals surface area (Å²) in [5.74, 6) is -0.0647. The minimum atomic E-state index is -3.67. The molecule has 1 aliphatic rings. The average molecular weight is 411 g/mol. The molecule has 7 nitrogen and oxygen atoms in total. The lowest BCUT2D eigenvalue weighted by Gasteiger charge is -2.11. The maximum Gasteiger partial charge on any atom is 0.273 e. The first kappa shape index (κ1) is 19.8. The highest BCUT2D eigenvalue weighted by Crippen LogP contribution is 2.35. The molecule has 0 aliphatic heterocycles. The van der Waals surface area contributed by atoms with E-state index in [1.54, 1.807) is 0 Å². The summed E-state index contributed by atoms with van der Waals surface area (Å²) < 4.78 is 27.4. The largest absolute Gasteiger partial charge is 0.396 e. The molecule has 2 aromatic rings. The third kappa shape index (κ3) is 4.47. The number of nitro groups is 1. The van der Waals surface area contributed by atoms with Crippen molar-refractivity contribution in [1.82, 2.24) is 4.72 Å². The summed E-state index contributed by atoms with van der Waals surface area (Å²) in [6.07, 6.45) is 1.34. The van der Waals surface area contributed by atoms with E-state index in [-0.39, 0.29) is 29.7 Å². The third-order valence-corrected chi connectivity index (χ3v) is 6.35. The lowest BCUT2D eigenvalue weighted by atomic mass is 10.0. The van der Waals surface area contributed by atoms with Crippen molar-refractivity contribution in [3.8, 4) is 0 Å². The van der Waals surface area contributed by atoms with E-state index in [1.165, 1.54) is 30.3 Å². The summed E-state index contributed by atoms with van der Waals surface area (Å²) in [6, 6.07) is 9.24. The number of nitro benzene ring substituents is 1. The van der Waals surface area contributed by atoms with Crippen molar-refractivity contribution >= 4 is 27.3 Å². The van der Waals surface area contributed by atoms with Gasteiger partial charge in [0.1, 0.15) is 0 Å². The molecule has 0 bridgehead atoms. The topological polar surface area (TPSA) is 110 Å². The molecule has 9 heteroatoms. The number of hydrogen-bond acceptors (Lipinski definition) is 5. The predicted octanol–water partition coefficient (Wildman–Crippen LogP) is 2.48. The summed E-state index contributed by atoms with van der Waals surface area (Å²) in [6.45, 7) is 0.104. The molecule has 0 saturated heterocycles. The van der Waals surface area contributed by atoms with Crippen molar-refractivity contribution in [1.29, 1.82) is 0 Å². The number of aliphatic hydroxyl groups is 1. The molecule has 1 atom stereocenters. The average Bonchev–Trinajstić information content (AvgIpc) is 3.03. The Balaban J connectivity index is 1.73. The first-order chi connectivity index (χ1) is 12.8. The van der Waals surface area contributed by atoms with Gasteiger partial charge in [-0.1, -0.05) is 17.7 Å². The van der Waals surface area contributed by atoms with Crippen LogP contribution in [0.3, 0.4) is 0 Å². The van der Waals surface area contributed by atoms with E-state index in [0.29, 0.717) is 35.4 Å². The Kier molecular flexibility index (Phi) is 5.81. The van der Waals surface area contributed by atoms with Gasteiger partial charge >= 0.3 is 0 Å². The Hall–Kier alpha value is -2.00. The molecule has 2 aromatic carbocycles. The molecular weight excluding hydrogens is 392 g/mol. The van der Waals surface area contributed by atoms with Gasteiger partial charge in [-0.25, -0.2) is 13.1 Å². The molecule has 0 fully saturated rings. The highest BCUT2D eigenvalue weighted by molar-refractivity contribution is 7.89. The first-order valence-electron chi connectivity index (χ1n) is 8.45. The molecule has 3 rings (SSSR count). The summed E-state index contributed by atoms with van der Waals surface area (Å²) >= 11 is 5.78. The van der Waals surface area contributed by atoms with Gasteiger partial charge in [0, 0.05) is 29.8 Å². The molecule has 2 N–H and O–H groups in total. The van der Waals surface area contributed by atoms with Crippen molar-refractivity contribution in [3.05, 3.63) is 68.2 Å². The van der Waals surface area contributed by atoms with E-state index in [0.717, 1.165) is 5.56 Å². The zero-order chi connectivity index (χ0) is 19.6. The van der Waals surface area contributed by atoms with Crippen LogP contribution in [0.25, 0.3) is 0 Å². The number of nitrogens with one attached hydrogen (secondary N) is 1. The molecule has 0 radical (unpaired) electrons. The maximum atomic E-state index is 12.4. The van der Waals surface area contributed by atoms with Crippen LogP contribution in [0.15, 0.2) is 41.3 Å². The van der Waals surface area contributed by atoms with Crippen molar-refractivity contribution in [3.63, 3.8) is 0 Å². The van der Waals surface area contributed by atoms with E-state index in [1.807, 2.05) is 6.07 Å². The molecule has 0 spiro atoms. The van der Waals surface area contributed by atoms with Gasteiger partial charge in [0.25, 0.3) is 5.69 Å². The fourth-order valence-electron chi connectivity index (χ4n) is 3.37. The summed E-state index contributed by atoms with van der Waals surface area (Å²) in [4.78, 5) is 11.1. The van der Waals surface area contributed by atoms with Crippen LogP contribution in [0.4, 0.5) is 5.69 Å². The second-order valence-electron chi connectivity index (χ2n) is 6.56. The zero-order valence-electron chi connectivity index (χ0n) is 14.4. The van der Waals surface area contributed by atoms with Gasteiger partial charge in [0.15, 0.2) is 0 Å². The second-order valence-corrected chi connectivity index (χ2v) is 8.77. The number of fused-ring (bicyclic) bond motifs is 1. The Labute approximate surface area is 162 Å². The quantitative estimate of drug-likeness (QED) is 0.538. The van der Waals surface area contributed by atoms with Crippen LogP contribution >= 0.6 is 11.6 Å². The van der Waals surface area contributed by atoms with Crippen LogP contribution in [-0.2, 0) is 29.3 Å². The fourth-order valence-corrected chi connectivity index (χ4v) is 4.62. The van der Waals surface area contributed by atoms with Crippen LogP contribution in [0.2, 0.25) is 5.02 Å². The number of halogens is 1. The van der Waals surface area contributed by atoms with E-state index < -0.39 is 14.9 Å². The number of nitrogens with zero attached hydrogens (tertiary/aromatic N) is 1. The normalized spacial score (nSPS) is 16.3. The fraction of sp³-hybridized carbons (Fsp3) is 0.333. The molecule has 0 heterocycles. The summed E-state index contributed by atoms with van der Waals surface area (Å²) in [5.41, 5.74) is 2.25. The Morgan fingerprint density at radius 2 is 1.93 bits per heavy atom. The number of sulfonamides is 1. The van der Waals surface area contributed by atoms with Crippen LogP contribution in [0, 0.1) is 16.0 Å². The minimum Gasteiger partial charge on any atom is -0.396 e. The van der Waals surface area contributed by atoms with E-state index in [4.69, 9.17) is 16.7 Å². The molecule has 1 aliphatic carbocycles. The summed E-state index contributed by atoms with van der Waals surface area (Å²) in [5, 5.41) is 20.9. The lowest BCUT2D eigenvalue weighted by Crippen LogP contribution is -2.29. The van der Waals surface area contributed by atoms with Crippen LogP contribution in [0.5, 0.6) is 0 Å². The van der Waals surface area contributed by atoms with Gasteiger partial charge in [0.2, 0.25) is 10.0 Å². The van der Waals surface area contributed by atoms with Gasteiger partial charge in [-0.2, -0.15) is 0 Å². The molecule has 1 unspecified atom stereocenters. The number of benzene rings is 2. The molecule has 27 heavy (non-hydrogen) atoms. The Morgan fingerprint density at radius 3 is 2.56 bits per heavy atom. The van der Waals surface area contributed by atoms with Gasteiger partial charge < -0.3 is 5.11 Å². The molecular formula is C18H19ClN2O5S. The lowest BCUT2D eigenvalue weighted by molar-refractivity contribution is -0.385. The van der Waals surface area contributed by atoms with E-state index >= 15 is 0 Å². The smallest absolute Gasteiger partial charge is 0.273 e. The number of aliphatic hydroxyl groups excluding tert-OH is 1. The third-order valence-electron chi connectivity index (χ3n) is 4.66. The predicted molar refractivity (Wildman–Crippen MR) is 101 cm³/mol.